The zero-order valence-electron chi connectivity index (χ0n) is 9.75. The number of hydrogen-bond acceptors (Lipinski definition) is 4. The molecule has 18 heavy (non-hydrogen) atoms. The number of nitrogens with zero attached hydrogens (tertiary/aromatic N) is 1. The van der Waals surface area contributed by atoms with Crippen LogP contribution in [0.3, 0.4) is 0 Å². The summed E-state index contributed by atoms with van der Waals surface area (Å²) in [5, 5.41) is 0.00310. The van der Waals surface area contributed by atoms with Gasteiger partial charge >= 0.3 is 5.97 Å². The molecule has 0 bridgehead atoms. The number of halogens is 3. The molecular weight excluding hydrogens is 266 g/mol. The van der Waals surface area contributed by atoms with Crippen LogP contribution in [0.2, 0.25) is 5.02 Å². The Kier molecular flexibility index (Phi) is 5.43. The molecule has 0 aliphatic heterocycles. The average Bonchev–Trinajstić information content (AvgIpc) is 2.31. The quantitative estimate of drug-likeness (QED) is 0.839. The molecule has 0 spiro atoms. The predicted octanol–water partition coefficient (Wildman–Crippen LogP) is 2.24. The first-order valence-corrected chi connectivity index (χ1v) is 5.69. The summed E-state index contributed by atoms with van der Waals surface area (Å²) in [5.41, 5.74) is 5.38. The zero-order chi connectivity index (χ0) is 13.7. The minimum absolute atomic E-state index is 0.00310. The Balaban J connectivity index is 3.05. The van der Waals surface area contributed by atoms with Gasteiger partial charge in [-0.3, -0.25) is 9.78 Å². The first kappa shape index (κ1) is 14.8. The van der Waals surface area contributed by atoms with Gasteiger partial charge in [0.15, 0.2) is 0 Å². The zero-order valence-corrected chi connectivity index (χ0v) is 10.5. The van der Waals surface area contributed by atoms with Crippen LogP contribution in [0.25, 0.3) is 0 Å². The summed E-state index contributed by atoms with van der Waals surface area (Å²) >= 11 is 5.92. The average molecular weight is 279 g/mol. The smallest absolute Gasteiger partial charge is 0.311 e. The van der Waals surface area contributed by atoms with Crippen LogP contribution >= 0.6 is 11.6 Å². The normalized spacial score (nSPS) is 10.8. The van der Waals surface area contributed by atoms with Gasteiger partial charge in [-0.15, -0.1) is 0 Å². The number of carbonyl (C=O) groups is 1. The topological polar surface area (TPSA) is 65.2 Å². The van der Waals surface area contributed by atoms with Gasteiger partial charge in [0.25, 0.3) is 6.43 Å². The van der Waals surface area contributed by atoms with Crippen LogP contribution in [-0.2, 0) is 22.5 Å². The fourth-order valence-electron chi connectivity index (χ4n) is 1.45. The van der Waals surface area contributed by atoms with Gasteiger partial charge in [0.1, 0.15) is 0 Å². The molecule has 7 heteroatoms. The number of aromatic nitrogens is 1. The molecule has 0 aliphatic rings. The molecule has 0 amide bonds. The van der Waals surface area contributed by atoms with E-state index in [1.165, 1.54) is 0 Å². The molecule has 100 valence electrons. The lowest BCUT2D eigenvalue weighted by Gasteiger charge is -2.11. The first-order valence-electron chi connectivity index (χ1n) is 5.31. The third kappa shape index (κ3) is 3.36. The van der Waals surface area contributed by atoms with E-state index in [0.29, 0.717) is 0 Å². The molecule has 0 saturated carbocycles. The van der Waals surface area contributed by atoms with Crippen molar-refractivity contribution in [2.45, 2.75) is 26.3 Å². The standard InChI is InChI=1S/C11H13ClF2N2O2/c1-2-18-9(17)3-8-10(12)6(4-15)7(5-16-8)11(13)14/h5,11H,2-4,15H2,1H3. The van der Waals surface area contributed by atoms with Crippen molar-refractivity contribution in [3.05, 3.63) is 28.0 Å². The number of nitrogens with two attached hydrogens (primary N) is 1. The van der Waals surface area contributed by atoms with Gasteiger partial charge in [-0.05, 0) is 12.5 Å². The lowest BCUT2D eigenvalue weighted by atomic mass is 10.1. The number of hydrogen-bond donors (Lipinski definition) is 1. The summed E-state index contributed by atoms with van der Waals surface area (Å²) in [6, 6.07) is 0. The van der Waals surface area contributed by atoms with Crippen molar-refractivity contribution in [1.82, 2.24) is 4.98 Å². The lowest BCUT2D eigenvalue weighted by molar-refractivity contribution is -0.142. The molecule has 0 aliphatic carbocycles. The molecule has 1 rings (SSSR count). The van der Waals surface area contributed by atoms with E-state index in [-0.39, 0.29) is 41.4 Å². The van der Waals surface area contributed by atoms with E-state index in [0.717, 1.165) is 6.20 Å². The Hall–Kier alpha value is -1.27. The van der Waals surface area contributed by atoms with E-state index >= 15 is 0 Å². The summed E-state index contributed by atoms with van der Waals surface area (Å²) in [6.07, 6.45) is -1.87. The van der Waals surface area contributed by atoms with Crippen LogP contribution in [0, 0.1) is 0 Å². The van der Waals surface area contributed by atoms with E-state index in [1.807, 2.05) is 0 Å². The van der Waals surface area contributed by atoms with Crippen LogP contribution in [0.15, 0.2) is 6.20 Å². The molecule has 0 atom stereocenters. The minimum atomic E-state index is -2.70. The Morgan fingerprint density at radius 3 is 2.78 bits per heavy atom. The Morgan fingerprint density at radius 2 is 2.28 bits per heavy atom. The second-order valence-corrected chi connectivity index (χ2v) is 3.82. The maximum absolute atomic E-state index is 12.7. The molecule has 1 aromatic heterocycles. The summed E-state index contributed by atoms with van der Waals surface area (Å²) in [7, 11) is 0. The van der Waals surface area contributed by atoms with Crippen molar-refractivity contribution in [3.63, 3.8) is 0 Å². The predicted molar refractivity (Wildman–Crippen MR) is 62.4 cm³/mol. The Morgan fingerprint density at radius 1 is 1.61 bits per heavy atom. The van der Waals surface area contributed by atoms with Crippen molar-refractivity contribution < 1.29 is 18.3 Å². The van der Waals surface area contributed by atoms with Crippen molar-refractivity contribution in [2.24, 2.45) is 5.73 Å². The Labute approximate surface area is 108 Å². The Bertz CT molecular complexity index is 441. The van der Waals surface area contributed by atoms with Gasteiger partial charge < -0.3 is 10.5 Å². The van der Waals surface area contributed by atoms with Crippen molar-refractivity contribution in [1.29, 1.82) is 0 Å². The number of rotatable bonds is 5. The van der Waals surface area contributed by atoms with E-state index < -0.39 is 12.4 Å². The summed E-state index contributed by atoms with van der Waals surface area (Å²) in [6.45, 7) is 1.75. The van der Waals surface area contributed by atoms with Gasteiger partial charge in [0, 0.05) is 18.3 Å². The van der Waals surface area contributed by atoms with E-state index in [1.54, 1.807) is 6.92 Å². The van der Waals surface area contributed by atoms with Crippen molar-refractivity contribution in [3.8, 4) is 0 Å². The van der Waals surface area contributed by atoms with Gasteiger partial charge in [-0.25, -0.2) is 8.78 Å². The number of alkyl halides is 2. The summed E-state index contributed by atoms with van der Waals surface area (Å²) in [5.74, 6) is -0.514. The monoisotopic (exact) mass is 278 g/mol. The fourth-order valence-corrected chi connectivity index (χ4v) is 1.75. The fraction of sp³-hybridized carbons (Fsp3) is 0.455. The maximum atomic E-state index is 12.7. The maximum Gasteiger partial charge on any atom is 0.311 e. The third-order valence-electron chi connectivity index (χ3n) is 2.28. The van der Waals surface area contributed by atoms with Crippen LogP contribution in [-0.4, -0.2) is 17.6 Å². The molecule has 1 aromatic rings. The molecule has 0 unspecified atom stereocenters. The number of esters is 1. The van der Waals surface area contributed by atoms with E-state index in [2.05, 4.69) is 4.98 Å². The van der Waals surface area contributed by atoms with Crippen LogP contribution in [0.1, 0.15) is 30.2 Å². The second-order valence-electron chi connectivity index (χ2n) is 3.44. The lowest BCUT2D eigenvalue weighted by Crippen LogP contribution is -2.12. The van der Waals surface area contributed by atoms with Crippen LogP contribution in [0.4, 0.5) is 8.78 Å². The third-order valence-corrected chi connectivity index (χ3v) is 2.73. The van der Waals surface area contributed by atoms with Gasteiger partial charge in [0.2, 0.25) is 0 Å². The van der Waals surface area contributed by atoms with Crippen molar-refractivity contribution >= 4 is 17.6 Å². The number of pyridine rings is 1. The number of ether oxygens (including phenoxy) is 1. The summed E-state index contributed by atoms with van der Waals surface area (Å²) < 4.78 is 30.1. The largest absolute Gasteiger partial charge is 0.466 e. The van der Waals surface area contributed by atoms with E-state index in [9.17, 15) is 13.6 Å². The molecule has 2 N–H and O–H groups in total. The van der Waals surface area contributed by atoms with Gasteiger partial charge in [-0.2, -0.15) is 0 Å². The van der Waals surface area contributed by atoms with Crippen molar-refractivity contribution in [2.75, 3.05) is 6.61 Å². The highest BCUT2D eigenvalue weighted by molar-refractivity contribution is 6.32. The first-order chi connectivity index (χ1) is 8.51. The van der Waals surface area contributed by atoms with Crippen LogP contribution in [0.5, 0.6) is 0 Å². The molecule has 1 heterocycles. The summed E-state index contributed by atoms with van der Waals surface area (Å²) in [4.78, 5) is 15.0. The minimum Gasteiger partial charge on any atom is -0.466 e. The molecule has 0 saturated heterocycles. The molecule has 4 nitrogen and oxygen atoms in total. The molecular formula is C11H13ClF2N2O2. The van der Waals surface area contributed by atoms with Gasteiger partial charge in [-0.1, -0.05) is 11.6 Å². The molecule has 0 fully saturated rings. The van der Waals surface area contributed by atoms with E-state index in [4.69, 9.17) is 22.1 Å². The number of carbonyl (C=O) groups excluding carboxylic acids is 1. The molecule has 0 radical (unpaired) electrons. The van der Waals surface area contributed by atoms with Crippen LogP contribution < -0.4 is 5.73 Å². The SMILES string of the molecule is CCOC(=O)Cc1ncc(C(F)F)c(CN)c1Cl. The van der Waals surface area contributed by atoms with Gasteiger partial charge in [0.05, 0.1) is 23.7 Å². The molecule has 0 aromatic carbocycles. The highest BCUT2D eigenvalue weighted by Crippen LogP contribution is 2.29. The highest BCUT2D eigenvalue weighted by Gasteiger charge is 2.19. The highest BCUT2D eigenvalue weighted by atomic mass is 35.5. The second kappa shape index (κ2) is 6.61.